The van der Waals surface area contributed by atoms with Crippen molar-refractivity contribution in [1.82, 2.24) is 5.32 Å². The number of rotatable bonds is 6. The van der Waals surface area contributed by atoms with Crippen LogP contribution in [-0.4, -0.2) is 26.8 Å². The molecule has 2 nitrogen and oxygen atoms in total. The quantitative estimate of drug-likeness (QED) is 0.793. The zero-order valence-corrected chi connectivity index (χ0v) is 12.2. The van der Waals surface area contributed by atoms with Gasteiger partial charge in [0, 0.05) is 25.6 Å². The minimum absolute atomic E-state index is 0.385. The summed E-state index contributed by atoms with van der Waals surface area (Å²) in [4.78, 5) is 0. The third-order valence-electron chi connectivity index (χ3n) is 4.96. The Hall–Kier alpha value is -0.860. The number of benzene rings is 1. The molecule has 0 aromatic heterocycles. The first-order valence-corrected chi connectivity index (χ1v) is 7.45. The van der Waals surface area contributed by atoms with Crippen LogP contribution in [0.3, 0.4) is 0 Å². The summed E-state index contributed by atoms with van der Waals surface area (Å²) >= 11 is 0. The second-order valence-electron chi connectivity index (χ2n) is 6.67. The number of hydrogen-bond acceptors (Lipinski definition) is 2. The molecule has 0 amide bonds. The highest BCUT2D eigenvalue weighted by Gasteiger charge is 2.60. The molecule has 0 heterocycles. The Morgan fingerprint density at radius 1 is 1.26 bits per heavy atom. The molecule has 0 bridgehead atoms. The molecule has 1 aromatic carbocycles. The zero-order chi connectivity index (χ0) is 13.3. The van der Waals surface area contributed by atoms with E-state index in [1.54, 1.807) is 7.11 Å². The van der Waals surface area contributed by atoms with Gasteiger partial charge in [-0.05, 0) is 43.6 Å². The van der Waals surface area contributed by atoms with Gasteiger partial charge in [0.1, 0.15) is 0 Å². The summed E-state index contributed by atoms with van der Waals surface area (Å²) in [5.41, 5.74) is 4.03. The lowest BCUT2D eigenvalue weighted by Gasteiger charge is -2.50. The smallest absolute Gasteiger partial charge is 0.0587 e. The largest absolute Gasteiger partial charge is 0.383 e. The summed E-state index contributed by atoms with van der Waals surface area (Å²) in [5.74, 6) is 0. The maximum Gasteiger partial charge on any atom is 0.0587 e. The molecule has 19 heavy (non-hydrogen) atoms. The molecule has 0 saturated heterocycles. The maximum absolute atomic E-state index is 5.12. The van der Waals surface area contributed by atoms with Crippen LogP contribution in [0.5, 0.6) is 0 Å². The van der Waals surface area contributed by atoms with Crippen molar-refractivity contribution in [1.29, 1.82) is 0 Å². The van der Waals surface area contributed by atoms with E-state index in [-0.39, 0.29) is 0 Å². The maximum atomic E-state index is 5.12. The van der Waals surface area contributed by atoms with Crippen LogP contribution in [-0.2, 0) is 10.2 Å². The first-order valence-electron chi connectivity index (χ1n) is 7.45. The monoisotopic (exact) mass is 259 g/mol. The molecule has 0 atom stereocenters. The summed E-state index contributed by atoms with van der Waals surface area (Å²) in [7, 11) is 1.76. The van der Waals surface area contributed by atoms with Crippen LogP contribution in [0.25, 0.3) is 0 Å². The van der Waals surface area contributed by atoms with E-state index < -0.39 is 0 Å². The van der Waals surface area contributed by atoms with Gasteiger partial charge in [-0.15, -0.1) is 0 Å². The standard InChI is InChI=1S/C17H25NO/c1-14-4-3-5-15(10-14)17(13-18-8-9-19-2)11-16(12-17)6-7-16/h3-5,10,18H,6-9,11-13H2,1-2H3. The number of nitrogens with one attached hydrogen (secondary N) is 1. The van der Waals surface area contributed by atoms with Crippen molar-refractivity contribution < 1.29 is 4.74 Å². The summed E-state index contributed by atoms with van der Waals surface area (Å²) in [5, 5.41) is 3.59. The molecule has 104 valence electrons. The van der Waals surface area contributed by atoms with E-state index in [4.69, 9.17) is 4.74 Å². The van der Waals surface area contributed by atoms with Crippen molar-refractivity contribution in [3.8, 4) is 0 Å². The van der Waals surface area contributed by atoms with E-state index in [9.17, 15) is 0 Å². The Morgan fingerprint density at radius 2 is 2.05 bits per heavy atom. The fourth-order valence-electron chi connectivity index (χ4n) is 3.82. The van der Waals surface area contributed by atoms with E-state index in [2.05, 4.69) is 36.5 Å². The third kappa shape index (κ3) is 2.56. The highest BCUT2D eigenvalue weighted by atomic mass is 16.5. The number of methoxy groups -OCH3 is 1. The molecule has 2 saturated carbocycles. The topological polar surface area (TPSA) is 21.3 Å². The minimum Gasteiger partial charge on any atom is -0.383 e. The normalized spacial score (nSPS) is 22.2. The Kier molecular flexibility index (Phi) is 3.40. The minimum atomic E-state index is 0.385. The molecule has 2 fully saturated rings. The van der Waals surface area contributed by atoms with Crippen molar-refractivity contribution in [3.05, 3.63) is 35.4 Å². The van der Waals surface area contributed by atoms with Crippen LogP contribution in [0.15, 0.2) is 24.3 Å². The number of hydrogen-bond donors (Lipinski definition) is 1. The summed E-state index contributed by atoms with van der Waals surface area (Å²) < 4.78 is 5.12. The zero-order valence-electron chi connectivity index (χ0n) is 12.2. The Labute approximate surface area is 116 Å². The molecular formula is C17H25NO. The van der Waals surface area contributed by atoms with Gasteiger partial charge in [-0.2, -0.15) is 0 Å². The SMILES string of the molecule is COCCNCC1(c2cccc(C)c2)CC2(CC2)C1. The first-order chi connectivity index (χ1) is 9.18. The number of aryl methyl sites for hydroxylation is 1. The third-order valence-corrected chi connectivity index (χ3v) is 4.96. The summed E-state index contributed by atoms with van der Waals surface area (Å²) in [6.45, 7) is 5.05. The van der Waals surface area contributed by atoms with Gasteiger partial charge in [-0.25, -0.2) is 0 Å². The molecule has 0 unspecified atom stereocenters. The fraction of sp³-hybridized carbons (Fsp3) is 0.647. The van der Waals surface area contributed by atoms with Gasteiger partial charge < -0.3 is 10.1 Å². The van der Waals surface area contributed by atoms with Gasteiger partial charge in [0.15, 0.2) is 0 Å². The first kappa shape index (κ1) is 13.1. The van der Waals surface area contributed by atoms with Crippen LogP contribution in [0.4, 0.5) is 0 Å². The van der Waals surface area contributed by atoms with Crippen molar-refractivity contribution in [2.75, 3.05) is 26.8 Å². The van der Waals surface area contributed by atoms with Crippen molar-refractivity contribution in [2.24, 2.45) is 5.41 Å². The lowest BCUT2D eigenvalue weighted by atomic mass is 9.56. The van der Waals surface area contributed by atoms with Gasteiger partial charge >= 0.3 is 0 Å². The van der Waals surface area contributed by atoms with Crippen LogP contribution in [0.2, 0.25) is 0 Å². The molecule has 0 aliphatic heterocycles. The van der Waals surface area contributed by atoms with Crippen LogP contribution in [0.1, 0.15) is 36.8 Å². The van der Waals surface area contributed by atoms with Crippen molar-refractivity contribution in [2.45, 2.75) is 38.0 Å². The molecule has 2 heteroatoms. The Balaban J connectivity index is 1.70. The molecule has 1 aromatic rings. The molecule has 2 aliphatic rings. The van der Waals surface area contributed by atoms with Gasteiger partial charge in [-0.1, -0.05) is 29.8 Å². The summed E-state index contributed by atoms with van der Waals surface area (Å²) in [6, 6.07) is 9.11. The molecule has 3 rings (SSSR count). The van der Waals surface area contributed by atoms with Gasteiger partial charge in [-0.3, -0.25) is 0 Å². The highest BCUT2D eigenvalue weighted by Crippen LogP contribution is 2.68. The summed E-state index contributed by atoms with van der Waals surface area (Å²) in [6.07, 6.45) is 5.67. The van der Waals surface area contributed by atoms with E-state index in [0.29, 0.717) is 5.41 Å². The van der Waals surface area contributed by atoms with E-state index >= 15 is 0 Å². The van der Waals surface area contributed by atoms with Crippen molar-refractivity contribution in [3.63, 3.8) is 0 Å². The van der Waals surface area contributed by atoms with Crippen LogP contribution in [0, 0.1) is 12.3 Å². The highest BCUT2D eigenvalue weighted by molar-refractivity contribution is 5.36. The van der Waals surface area contributed by atoms with Gasteiger partial charge in [0.05, 0.1) is 6.61 Å². The Morgan fingerprint density at radius 3 is 2.68 bits per heavy atom. The van der Waals surface area contributed by atoms with Gasteiger partial charge in [0.2, 0.25) is 0 Å². The average molecular weight is 259 g/mol. The van der Waals surface area contributed by atoms with Gasteiger partial charge in [0.25, 0.3) is 0 Å². The van der Waals surface area contributed by atoms with Crippen LogP contribution >= 0.6 is 0 Å². The second kappa shape index (κ2) is 4.92. The second-order valence-corrected chi connectivity index (χ2v) is 6.67. The predicted molar refractivity (Wildman–Crippen MR) is 78.5 cm³/mol. The predicted octanol–water partition coefficient (Wildman–Crippen LogP) is 3.04. The molecule has 2 aliphatic carbocycles. The molecule has 1 N–H and O–H groups in total. The lowest BCUT2D eigenvalue weighted by Crippen LogP contribution is -2.50. The van der Waals surface area contributed by atoms with E-state index in [1.165, 1.54) is 36.8 Å². The van der Waals surface area contributed by atoms with Crippen LogP contribution < -0.4 is 5.32 Å². The number of ether oxygens (including phenoxy) is 1. The van der Waals surface area contributed by atoms with E-state index in [1.807, 2.05) is 0 Å². The Bertz CT molecular complexity index is 442. The molecule has 1 spiro atoms. The molecule has 0 radical (unpaired) electrons. The van der Waals surface area contributed by atoms with E-state index in [0.717, 1.165) is 25.1 Å². The lowest BCUT2D eigenvalue weighted by molar-refractivity contribution is 0.112. The average Bonchev–Trinajstić information content (AvgIpc) is 3.13. The van der Waals surface area contributed by atoms with Crippen molar-refractivity contribution >= 4 is 0 Å². The molecular weight excluding hydrogens is 234 g/mol. The fourth-order valence-corrected chi connectivity index (χ4v) is 3.82.